The van der Waals surface area contributed by atoms with Crippen molar-refractivity contribution in [1.82, 2.24) is 24.4 Å². The zero-order valence-electron chi connectivity index (χ0n) is 22.3. The molecule has 200 valence electrons. The van der Waals surface area contributed by atoms with Crippen LogP contribution in [-0.2, 0) is 23.9 Å². The Balaban J connectivity index is 0.000000168. The van der Waals surface area contributed by atoms with Crippen molar-refractivity contribution in [2.24, 2.45) is 4.99 Å². The first kappa shape index (κ1) is 26.6. The molecule has 3 aliphatic rings. The molecule has 9 heteroatoms. The molecule has 0 aromatic carbocycles. The molecule has 37 heavy (non-hydrogen) atoms. The van der Waals surface area contributed by atoms with Crippen molar-refractivity contribution in [3.05, 3.63) is 52.0 Å². The van der Waals surface area contributed by atoms with Gasteiger partial charge < -0.3 is 25.1 Å². The van der Waals surface area contributed by atoms with E-state index in [-0.39, 0.29) is 24.2 Å². The van der Waals surface area contributed by atoms with Gasteiger partial charge in [0, 0.05) is 36.6 Å². The molecule has 0 bridgehead atoms. The van der Waals surface area contributed by atoms with Crippen LogP contribution >= 0.6 is 0 Å². The Kier molecular flexibility index (Phi) is 6.77. The minimum Gasteiger partial charge on any atom is -0.371 e. The highest BCUT2D eigenvalue weighted by Gasteiger charge is 2.30. The lowest BCUT2D eigenvalue weighted by Gasteiger charge is -2.29. The summed E-state index contributed by atoms with van der Waals surface area (Å²) >= 11 is 0. The number of rotatable bonds is 0. The molecule has 3 aliphatic heterocycles. The molecule has 0 spiro atoms. The molecule has 4 N–H and O–H groups in total. The summed E-state index contributed by atoms with van der Waals surface area (Å²) in [6, 6.07) is 0. The number of nitrogens with one attached hydrogen (secondary N) is 4. The van der Waals surface area contributed by atoms with E-state index in [4.69, 9.17) is 0 Å². The van der Waals surface area contributed by atoms with Gasteiger partial charge in [-0.3, -0.25) is 9.98 Å². The lowest BCUT2D eigenvalue weighted by atomic mass is 10.1. The summed E-state index contributed by atoms with van der Waals surface area (Å²) in [5.74, 6) is 3.73. The van der Waals surface area contributed by atoms with Crippen LogP contribution in [0.5, 0.6) is 0 Å². The van der Waals surface area contributed by atoms with Gasteiger partial charge >= 0.3 is 5.69 Å². The number of hydrogen-bond donors (Lipinski definition) is 4. The number of hydrogen-bond acceptors (Lipinski definition) is 6. The maximum absolute atomic E-state index is 11.7. The van der Waals surface area contributed by atoms with Crippen LogP contribution in [0.4, 0.5) is 11.6 Å². The number of amidine groups is 1. The third-order valence-electron chi connectivity index (χ3n) is 6.85. The maximum Gasteiger partial charge on any atom is 0.348 e. The standard InChI is InChI=1S/C14H20N4.C13H18N4O.CH4/c1-9-16-12-11-10(6-5-7-15-12)8-18(13(11)17-9)14(2,3)4;1-13(2,3)17-7-8-5-4-6-14-10-9(8)11(17)16-12(18)15-10;/h8,17H,1,5-7H2,2-4H3,(H,15,16);7H,4-6H2,1-3H3,(H2,14,15,16,18);1H4. The molecule has 0 radical (unpaired) electrons. The van der Waals surface area contributed by atoms with Crippen molar-refractivity contribution in [2.45, 2.75) is 85.7 Å². The van der Waals surface area contributed by atoms with Crippen LogP contribution in [0.15, 0.2) is 34.6 Å². The molecule has 6 rings (SSSR count). The van der Waals surface area contributed by atoms with Crippen LogP contribution in [0.25, 0.3) is 11.0 Å². The number of H-pyrrole nitrogens is 1. The summed E-state index contributed by atoms with van der Waals surface area (Å²) in [4.78, 5) is 23.3. The van der Waals surface area contributed by atoms with Gasteiger partial charge in [-0.2, -0.15) is 4.98 Å². The molecule has 3 aromatic heterocycles. The number of aromatic nitrogens is 4. The third-order valence-corrected chi connectivity index (χ3v) is 6.85. The molecule has 3 aromatic rings. The monoisotopic (exact) mass is 506 g/mol. The Morgan fingerprint density at radius 3 is 2.32 bits per heavy atom. The number of anilines is 2. The first-order valence-corrected chi connectivity index (χ1v) is 12.8. The van der Waals surface area contributed by atoms with Crippen LogP contribution in [0, 0.1) is 0 Å². The van der Waals surface area contributed by atoms with E-state index in [9.17, 15) is 4.79 Å². The summed E-state index contributed by atoms with van der Waals surface area (Å²) in [6.07, 6.45) is 8.69. The third kappa shape index (κ3) is 4.91. The first-order chi connectivity index (χ1) is 16.9. The Morgan fingerprint density at radius 2 is 1.62 bits per heavy atom. The van der Waals surface area contributed by atoms with E-state index in [1.54, 1.807) is 0 Å². The number of aromatic amines is 1. The van der Waals surface area contributed by atoms with Gasteiger partial charge in [0.15, 0.2) is 0 Å². The van der Waals surface area contributed by atoms with Crippen molar-refractivity contribution in [2.75, 3.05) is 23.7 Å². The van der Waals surface area contributed by atoms with Gasteiger partial charge in [-0.1, -0.05) is 14.0 Å². The summed E-state index contributed by atoms with van der Waals surface area (Å²) in [7, 11) is 0. The van der Waals surface area contributed by atoms with Gasteiger partial charge in [-0.15, -0.1) is 0 Å². The van der Waals surface area contributed by atoms with E-state index in [0.29, 0.717) is 0 Å². The van der Waals surface area contributed by atoms with Crippen LogP contribution in [-0.4, -0.2) is 38.0 Å². The largest absolute Gasteiger partial charge is 0.371 e. The summed E-state index contributed by atoms with van der Waals surface area (Å²) in [6.45, 7) is 18.8. The molecular formula is C28H42N8O. The molecule has 9 nitrogen and oxygen atoms in total. The number of nitrogens with zero attached hydrogens (tertiary/aromatic N) is 4. The van der Waals surface area contributed by atoms with Crippen molar-refractivity contribution in [3.8, 4) is 0 Å². The summed E-state index contributed by atoms with van der Waals surface area (Å²) in [5.41, 5.74) is 4.35. The van der Waals surface area contributed by atoms with Crippen LogP contribution in [0.1, 0.15) is 78.5 Å². The smallest absolute Gasteiger partial charge is 0.348 e. The highest BCUT2D eigenvalue weighted by Crippen LogP contribution is 2.34. The first-order valence-electron chi connectivity index (χ1n) is 12.8. The van der Waals surface area contributed by atoms with E-state index in [1.165, 1.54) is 16.7 Å². The Morgan fingerprint density at radius 1 is 0.946 bits per heavy atom. The average molecular weight is 507 g/mol. The Hall–Kier alpha value is -3.49. The molecule has 0 aliphatic carbocycles. The molecular weight excluding hydrogens is 464 g/mol. The molecule has 0 amide bonds. The lowest BCUT2D eigenvalue weighted by Crippen LogP contribution is -2.35. The van der Waals surface area contributed by atoms with Gasteiger partial charge in [0.1, 0.15) is 28.9 Å². The summed E-state index contributed by atoms with van der Waals surface area (Å²) < 4.78 is 4.40. The van der Waals surface area contributed by atoms with E-state index in [2.05, 4.69) is 101 Å². The van der Waals surface area contributed by atoms with Gasteiger partial charge in [-0.05, 0) is 78.4 Å². The van der Waals surface area contributed by atoms with E-state index < -0.39 is 0 Å². The quantitative estimate of drug-likeness (QED) is 0.347. The molecule has 0 saturated carbocycles. The predicted molar refractivity (Wildman–Crippen MR) is 154 cm³/mol. The lowest BCUT2D eigenvalue weighted by molar-refractivity contribution is 0.402. The molecule has 0 atom stereocenters. The minimum atomic E-state index is -0.290. The highest BCUT2D eigenvalue weighted by molar-refractivity contribution is 6.07. The second kappa shape index (κ2) is 9.43. The normalized spacial score (nSPS) is 16.5. The van der Waals surface area contributed by atoms with Gasteiger partial charge in [0.05, 0.1) is 10.9 Å². The number of aliphatic imine (C=N–C) groups is 1. The molecule has 6 heterocycles. The molecule has 0 saturated heterocycles. The number of aryl methyl sites for hydroxylation is 2. The predicted octanol–water partition coefficient (Wildman–Crippen LogP) is 4.90. The maximum atomic E-state index is 11.7. The van der Waals surface area contributed by atoms with Crippen molar-refractivity contribution < 1.29 is 0 Å². The van der Waals surface area contributed by atoms with E-state index in [0.717, 1.165) is 73.1 Å². The fourth-order valence-electron chi connectivity index (χ4n) is 5.17. The van der Waals surface area contributed by atoms with Crippen molar-refractivity contribution in [3.63, 3.8) is 0 Å². The molecule has 0 fully saturated rings. The topological polar surface area (TPSA) is 104 Å². The van der Waals surface area contributed by atoms with Gasteiger partial charge in [0.25, 0.3) is 0 Å². The SMILES string of the molecule is C.C=C1NC2=NCCCc3cn(C(C)(C)C)c(c32)N1.CC(C)(C)n1cc2c3c([nH]c(=O)nc31)NCCC2. The second-order valence-electron chi connectivity index (χ2n) is 11.8. The van der Waals surface area contributed by atoms with Crippen LogP contribution in [0.2, 0.25) is 0 Å². The Labute approximate surface area is 219 Å². The van der Waals surface area contributed by atoms with E-state index in [1.807, 2.05) is 0 Å². The van der Waals surface area contributed by atoms with Gasteiger partial charge in [-0.25, -0.2) is 4.79 Å². The van der Waals surface area contributed by atoms with E-state index >= 15 is 0 Å². The fourth-order valence-corrected chi connectivity index (χ4v) is 5.17. The zero-order chi connectivity index (χ0) is 25.8. The molecule has 0 unspecified atom stereocenters. The average Bonchev–Trinajstić information content (AvgIpc) is 3.16. The van der Waals surface area contributed by atoms with Crippen molar-refractivity contribution in [1.29, 1.82) is 0 Å². The second-order valence-corrected chi connectivity index (χ2v) is 11.8. The summed E-state index contributed by atoms with van der Waals surface area (Å²) in [5, 5.41) is 11.0. The van der Waals surface area contributed by atoms with Gasteiger partial charge in [0.2, 0.25) is 0 Å². The fraction of sp³-hybridized carbons (Fsp3) is 0.536. The van der Waals surface area contributed by atoms with Crippen molar-refractivity contribution >= 4 is 28.5 Å². The van der Waals surface area contributed by atoms with Crippen LogP contribution < -0.4 is 21.6 Å². The van der Waals surface area contributed by atoms with Crippen LogP contribution in [0.3, 0.4) is 0 Å². The highest BCUT2D eigenvalue weighted by atomic mass is 16.1. The Bertz CT molecular complexity index is 1420. The zero-order valence-corrected chi connectivity index (χ0v) is 22.3. The minimum absolute atomic E-state index is 0.